The molecule has 1 fully saturated rings. The lowest BCUT2D eigenvalue weighted by molar-refractivity contribution is 0.0752. The van der Waals surface area contributed by atoms with Crippen molar-refractivity contribution in [1.82, 2.24) is 4.90 Å². The lowest BCUT2D eigenvalue weighted by Crippen LogP contribution is -2.32. The van der Waals surface area contributed by atoms with Gasteiger partial charge in [-0.05, 0) is 38.0 Å². The third kappa shape index (κ3) is 3.28. The minimum absolute atomic E-state index is 0.0465. The second kappa shape index (κ2) is 6.10. The van der Waals surface area contributed by atoms with Crippen molar-refractivity contribution in [1.29, 1.82) is 0 Å². The van der Waals surface area contributed by atoms with E-state index >= 15 is 0 Å². The number of nitrogens with two attached hydrogens (primary N) is 1. The van der Waals surface area contributed by atoms with Crippen molar-refractivity contribution in [3.63, 3.8) is 0 Å². The molecule has 1 aliphatic rings. The van der Waals surface area contributed by atoms with Crippen LogP contribution in [0, 0.1) is 11.8 Å². The van der Waals surface area contributed by atoms with Crippen molar-refractivity contribution in [2.75, 3.05) is 13.1 Å². The summed E-state index contributed by atoms with van der Waals surface area (Å²) < 4.78 is 0. The maximum Gasteiger partial charge on any atom is 0.254 e. The monoisotopic (exact) mass is 276 g/mol. The summed E-state index contributed by atoms with van der Waals surface area (Å²) in [5.74, 6) is 5.69. The highest BCUT2D eigenvalue weighted by Crippen LogP contribution is 2.28. The summed E-state index contributed by atoms with van der Waals surface area (Å²) in [5.41, 5.74) is 6.65. The van der Waals surface area contributed by atoms with E-state index < -0.39 is 0 Å². The second-order valence-corrected chi connectivity index (χ2v) is 4.93. The lowest BCUT2D eigenvalue weighted by Gasteiger charge is -2.20. The molecule has 0 atom stereocenters. The van der Waals surface area contributed by atoms with Gasteiger partial charge in [0.05, 0.1) is 11.6 Å². The number of halogens is 1. The Kier molecular flexibility index (Phi) is 4.47. The highest BCUT2D eigenvalue weighted by atomic mass is 35.5. The average Bonchev–Trinajstić information content (AvgIpc) is 3.22. The number of carbonyl (C=O) groups excluding carboxylic acids is 1. The molecule has 0 aliphatic heterocycles. The second-order valence-electron chi connectivity index (χ2n) is 4.52. The molecule has 0 heterocycles. The number of nitrogens with zero attached hydrogens (tertiary/aromatic N) is 1. The van der Waals surface area contributed by atoms with E-state index in [4.69, 9.17) is 17.3 Å². The Bertz CT molecular complexity index is 541. The van der Waals surface area contributed by atoms with E-state index in [2.05, 4.69) is 11.8 Å². The van der Waals surface area contributed by atoms with Crippen LogP contribution < -0.4 is 5.73 Å². The van der Waals surface area contributed by atoms with Crippen LogP contribution in [0.25, 0.3) is 0 Å². The van der Waals surface area contributed by atoms with E-state index in [1.165, 1.54) is 0 Å². The number of amides is 1. The fourth-order valence-electron chi connectivity index (χ4n) is 2.02. The number of carbonyl (C=O) groups is 1. The Morgan fingerprint density at radius 2 is 2.26 bits per heavy atom. The summed E-state index contributed by atoms with van der Waals surface area (Å²) in [6.45, 7) is 3.02. The van der Waals surface area contributed by atoms with Gasteiger partial charge in [0.1, 0.15) is 0 Å². The molecule has 0 radical (unpaired) electrons. The first-order valence-corrected chi connectivity index (χ1v) is 6.84. The predicted octanol–water partition coefficient (Wildman–Crippen LogP) is 2.27. The fraction of sp³-hybridized carbons (Fsp3) is 0.400. The molecule has 0 unspecified atom stereocenters. The quantitative estimate of drug-likeness (QED) is 0.861. The van der Waals surface area contributed by atoms with Crippen LogP contribution in [0.4, 0.5) is 0 Å². The van der Waals surface area contributed by atoms with E-state index in [0.29, 0.717) is 28.7 Å². The number of hydrogen-bond donors (Lipinski definition) is 1. The third-order valence-corrected chi connectivity index (χ3v) is 3.44. The van der Waals surface area contributed by atoms with Crippen molar-refractivity contribution in [3.8, 4) is 11.8 Å². The number of benzene rings is 1. The zero-order valence-corrected chi connectivity index (χ0v) is 11.7. The lowest BCUT2D eigenvalue weighted by atomic mass is 10.1. The molecule has 0 aromatic heterocycles. The molecule has 19 heavy (non-hydrogen) atoms. The molecule has 3 nitrogen and oxygen atoms in total. The van der Waals surface area contributed by atoms with Gasteiger partial charge in [-0.3, -0.25) is 4.79 Å². The summed E-state index contributed by atoms with van der Waals surface area (Å²) in [6, 6.07) is 5.65. The maximum absolute atomic E-state index is 12.3. The van der Waals surface area contributed by atoms with Crippen LogP contribution in [0.2, 0.25) is 5.02 Å². The molecule has 0 bridgehead atoms. The first-order valence-electron chi connectivity index (χ1n) is 6.46. The van der Waals surface area contributed by atoms with Gasteiger partial charge in [0.25, 0.3) is 5.91 Å². The molecule has 0 saturated heterocycles. The van der Waals surface area contributed by atoms with Crippen LogP contribution in [0.3, 0.4) is 0 Å². The van der Waals surface area contributed by atoms with Gasteiger partial charge in [0, 0.05) is 23.7 Å². The molecular formula is C15H17ClN2O. The number of rotatable bonds is 3. The Balaban J connectivity index is 2.21. The van der Waals surface area contributed by atoms with Gasteiger partial charge in [-0.2, -0.15) is 0 Å². The molecule has 1 amide bonds. The van der Waals surface area contributed by atoms with Gasteiger partial charge < -0.3 is 10.6 Å². The standard InChI is InChI=1S/C15H17ClN2O/c1-2-18(13-7-8-13)15(19)12-6-5-11(4-3-9-17)14(16)10-12/h5-6,10,13H,2,7-9,17H2,1H3. The van der Waals surface area contributed by atoms with Gasteiger partial charge >= 0.3 is 0 Å². The van der Waals surface area contributed by atoms with E-state index in [1.54, 1.807) is 18.2 Å². The van der Waals surface area contributed by atoms with Gasteiger partial charge in [0.2, 0.25) is 0 Å². The van der Waals surface area contributed by atoms with Crippen LogP contribution in [-0.4, -0.2) is 29.9 Å². The third-order valence-electron chi connectivity index (χ3n) is 3.13. The maximum atomic E-state index is 12.3. The number of hydrogen-bond acceptors (Lipinski definition) is 2. The summed E-state index contributed by atoms with van der Waals surface area (Å²) >= 11 is 6.14. The molecule has 100 valence electrons. The molecule has 1 saturated carbocycles. The van der Waals surface area contributed by atoms with Crippen LogP contribution in [0.15, 0.2) is 18.2 Å². The molecule has 0 spiro atoms. The van der Waals surface area contributed by atoms with Gasteiger partial charge in [-0.15, -0.1) is 0 Å². The zero-order valence-electron chi connectivity index (χ0n) is 10.9. The first-order chi connectivity index (χ1) is 9.17. The highest BCUT2D eigenvalue weighted by molar-refractivity contribution is 6.32. The minimum Gasteiger partial charge on any atom is -0.336 e. The molecule has 1 aromatic carbocycles. The van der Waals surface area contributed by atoms with Crippen LogP contribution in [0.5, 0.6) is 0 Å². The summed E-state index contributed by atoms with van der Waals surface area (Å²) in [7, 11) is 0. The van der Waals surface area contributed by atoms with E-state index in [1.807, 2.05) is 11.8 Å². The highest BCUT2D eigenvalue weighted by Gasteiger charge is 2.31. The van der Waals surface area contributed by atoms with E-state index in [-0.39, 0.29) is 5.91 Å². The summed E-state index contributed by atoms with van der Waals surface area (Å²) in [4.78, 5) is 14.2. The van der Waals surface area contributed by atoms with E-state index in [9.17, 15) is 4.79 Å². The molecule has 1 aliphatic carbocycles. The predicted molar refractivity (Wildman–Crippen MR) is 77.1 cm³/mol. The Hall–Kier alpha value is -1.50. The largest absolute Gasteiger partial charge is 0.336 e. The van der Waals surface area contributed by atoms with Gasteiger partial charge in [-0.25, -0.2) is 0 Å². The summed E-state index contributed by atoms with van der Waals surface area (Å²) in [5, 5.41) is 0.499. The normalized spacial score (nSPS) is 13.6. The average molecular weight is 277 g/mol. The molecule has 1 aromatic rings. The van der Waals surface area contributed by atoms with Crippen molar-refractivity contribution < 1.29 is 4.79 Å². The molecular weight excluding hydrogens is 260 g/mol. The smallest absolute Gasteiger partial charge is 0.254 e. The van der Waals surface area contributed by atoms with Crippen LogP contribution >= 0.6 is 11.6 Å². The van der Waals surface area contributed by atoms with Crippen molar-refractivity contribution >= 4 is 17.5 Å². The fourth-order valence-corrected chi connectivity index (χ4v) is 2.24. The Morgan fingerprint density at radius 1 is 1.53 bits per heavy atom. The Morgan fingerprint density at radius 3 is 2.79 bits per heavy atom. The van der Waals surface area contributed by atoms with Crippen LogP contribution in [-0.2, 0) is 0 Å². The Labute approximate surface area is 118 Å². The minimum atomic E-state index is 0.0465. The van der Waals surface area contributed by atoms with Gasteiger partial charge in [-0.1, -0.05) is 23.4 Å². The molecule has 2 N–H and O–H groups in total. The molecule has 2 rings (SSSR count). The SMILES string of the molecule is CCN(C(=O)c1ccc(C#CCN)c(Cl)c1)C1CC1. The van der Waals surface area contributed by atoms with Crippen LogP contribution in [0.1, 0.15) is 35.7 Å². The first kappa shape index (κ1) is 13.9. The van der Waals surface area contributed by atoms with Gasteiger partial charge in [0.15, 0.2) is 0 Å². The van der Waals surface area contributed by atoms with E-state index in [0.717, 1.165) is 19.4 Å². The van der Waals surface area contributed by atoms with Crippen molar-refractivity contribution in [3.05, 3.63) is 34.3 Å². The molecule has 4 heteroatoms. The van der Waals surface area contributed by atoms with Crippen molar-refractivity contribution in [2.24, 2.45) is 5.73 Å². The summed E-state index contributed by atoms with van der Waals surface area (Å²) in [6.07, 6.45) is 2.21. The van der Waals surface area contributed by atoms with Crippen molar-refractivity contribution in [2.45, 2.75) is 25.8 Å². The zero-order chi connectivity index (χ0) is 13.8. The topological polar surface area (TPSA) is 46.3 Å².